The first-order valence-electron chi connectivity index (χ1n) is 7.65. The summed E-state index contributed by atoms with van der Waals surface area (Å²) in [6.45, 7) is 10.6. The van der Waals surface area contributed by atoms with Crippen molar-refractivity contribution in [2.75, 3.05) is 26.2 Å². The average Bonchev–Trinajstić information content (AvgIpc) is 2.95. The zero-order valence-electron chi connectivity index (χ0n) is 12.8. The smallest absolute Gasteiger partial charge is 0.0995 e. The Balaban J connectivity index is 1.78. The average molecular weight is 274 g/mol. The Morgan fingerprint density at radius 3 is 2.65 bits per heavy atom. The molecule has 0 aromatic heterocycles. The predicted molar refractivity (Wildman–Crippen MR) is 81.5 cm³/mol. The molecule has 2 heterocycles. The molecule has 0 aliphatic carbocycles. The van der Waals surface area contributed by atoms with Crippen LogP contribution >= 0.6 is 0 Å². The van der Waals surface area contributed by atoms with Gasteiger partial charge in [0, 0.05) is 25.2 Å². The number of benzene rings is 1. The number of β-amino-alcohol motifs (C(OH)–C–C–N with tert-alkyl or cyclic N) is 1. The monoisotopic (exact) mass is 274 g/mol. The van der Waals surface area contributed by atoms with Crippen molar-refractivity contribution in [1.29, 1.82) is 0 Å². The molecule has 1 aromatic rings. The lowest BCUT2D eigenvalue weighted by Gasteiger charge is -2.40. The maximum atomic E-state index is 10.9. The maximum Gasteiger partial charge on any atom is 0.0995 e. The predicted octanol–water partition coefficient (Wildman–Crippen LogP) is 1.82. The Labute approximate surface area is 122 Å². The number of nitrogens with one attached hydrogen (secondary N) is 1. The summed E-state index contributed by atoms with van der Waals surface area (Å²) in [5, 5.41) is 14.4. The van der Waals surface area contributed by atoms with E-state index < -0.39 is 5.60 Å². The van der Waals surface area contributed by atoms with Gasteiger partial charge in [-0.3, -0.25) is 4.90 Å². The van der Waals surface area contributed by atoms with Crippen LogP contribution in [0.15, 0.2) is 30.3 Å². The van der Waals surface area contributed by atoms with E-state index in [0.717, 1.165) is 31.1 Å². The number of hydrogen-bond acceptors (Lipinski definition) is 3. The van der Waals surface area contributed by atoms with Crippen LogP contribution in [0, 0.1) is 11.8 Å². The lowest BCUT2D eigenvalue weighted by atomic mass is 9.84. The third-order valence-corrected chi connectivity index (χ3v) is 5.41. The number of hydrogen-bond donors (Lipinski definition) is 2. The van der Waals surface area contributed by atoms with Crippen molar-refractivity contribution in [3.8, 4) is 0 Å². The van der Waals surface area contributed by atoms with Gasteiger partial charge in [0.1, 0.15) is 0 Å². The number of likely N-dealkylation sites (tertiary alicyclic amines) is 1. The van der Waals surface area contributed by atoms with E-state index in [9.17, 15) is 5.11 Å². The van der Waals surface area contributed by atoms with Crippen molar-refractivity contribution in [3.05, 3.63) is 35.9 Å². The Morgan fingerprint density at radius 2 is 2.00 bits per heavy atom. The lowest BCUT2D eigenvalue weighted by molar-refractivity contribution is -0.00908. The van der Waals surface area contributed by atoms with Gasteiger partial charge in [0.25, 0.3) is 0 Å². The topological polar surface area (TPSA) is 35.5 Å². The van der Waals surface area contributed by atoms with Gasteiger partial charge in [-0.1, -0.05) is 30.3 Å². The molecule has 2 aliphatic rings. The highest BCUT2D eigenvalue weighted by molar-refractivity contribution is 5.22. The van der Waals surface area contributed by atoms with Gasteiger partial charge >= 0.3 is 0 Å². The molecule has 0 amide bonds. The molecule has 2 aliphatic heterocycles. The van der Waals surface area contributed by atoms with E-state index in [2.05, 4.69) is 24.1 Å². The molecule has 1 aromatic carbocycles. The quantitative estimate of drug-likeness (QED) is 0.882. The van der Waals surface area contributed by atoms with Crippen LogP contribution in [0.5, 0.6) is 0 Å². The summed E-state index contributed by atoms with van der Waals surface area (Å²) in [5.74, 6) is 1.44. The van der Waals surface area contributed by atoms with Crippen LogP contribution in [0.4, 0.5) is 0 Å². The van der Waals surface area contributed by atoms with Crippen molar-refractivity contribution in [2.45, 2.75) is 31.9 Å². The molecule has 0 spiro atoms. The number of rotatable bonds is 3. The molecule has 2 saturated heterocycles. The van der Waals surface area contributed by atoms with Crippen LogP contribution in [-0.2, 0) is 5.60 Å². The molecule has 3 rings (SSSR count). The second kappa shape index (κ2) is 4.83. The van der Waals surface area contributed by atoms with Crippen molar-refractivity contribution >= 4 is 0 Å². The van der Waals surface area contributed by atoms with E-state index in [1.165, 1.54) is 0 Å². The van der Waals surface area contributed by atoms with Crippen LogP contribution in [0.3, 0.4) is 0 Å². The first kappa shape index (κ1) is 14.1. The van der Waals surface area contributed by atoms with Gasteiger partial charge in [0.2, 0.25) is 0 Å². The van der Waals surface area contributed by atoms with Gasteiger partial charge in [0.05, 0.1) is 5.60 Å². The molecule has 110 valence electrons. The summed E-state index contributed by atoms with van der Waals surface area (Å²) in [7, 11) is 0. The van der Waals surface area contributed by atoms with E-state index in [0.29, 0.717) is 12.5 Å². The zero-order valence-corrected chi connectivity index (χ0v) is 12.8. The van der Waals surface area contributed by atoms with Crippen molar-refractivity contribution in [1.82, 2.24) is 10.2 Å². The summed E-state index contributed by atoms with van der Waals surface area (Å²) < 4.78 is 0. The first-order valence-corrected chi connectivity index (χ1v) is 7.65. The van der Waals surface area contributed by atoms with Gasteiger partial charge in [-0.25, -0.2) is 0 Å². The maximum absolute atomic E-state index is 10.9. The molecular weight excluding hydrogens is 248 g/mol. The highest BCUT2D eigenvalue weighted by Crippen LogP contribution is 2.41. The Morgan fingerprint density at radius 1 is 1.30 bits per heavy atom. The summed E-state index contributed by atoms with van der Waals surface area (Å²) in [5.41, 5.74) is 0.378. The standard InChI is InChI=1S/C17H26N2O/c1-16(2)15-10-18-9-13(15)11-19(16)12-17(3,20)14-7-5-4-6-8-14/h4-8,13,15,18,20H,9-12H2,1-3H3. The van der Waals surface area contributed by atoms with Gasteiger partial charge in [-0.2, -0.15) is 0 Å². The summed E-state index contributed by atoms with van der Waals surface area (Å²) in [4.78, 5) is 2.48. The van der Waals surface area contributed by atoms with E-state index in [-0.39, 0.29) is 5.54 Å². The van der Waals surface area contributed by atoms with Crippen molar-refractivity contribution in [2.24, 2.45) is 11.8 Å². The Bertz CT molecular complexity index is 469. The molecule has 20 heavy (non-hydrogen) atoms. The zero-order chi connectivity index (χ0) is 14.4. The fourth-order valence-electron chi connectivity index (χ4n) is 4.03. The van der Waals surface area contributed by atoms with Gasteiger partial charge < -0.3 is 10.4 Å². The molecule has 3 unspecified atom stereocenters. The number of fused-ring (bicyclic) bond motifs is 1. The van der Waals surface area contributed by atoms with Gasteiger partial charge in [-0.05, 0) is 44.7 Å². The van der Waals surface area contributed by atoms with Gasteiger partial charge in [0.15, 0.2) is 0 Å². The van der Waals surface area contributed by atoms with Crippen LogP contribution in [0.25, 0.3) is 0 Å². The molecule has 0 radical (unpaired) electrons. The van der Waals surface area contributed by atoms with E-state index in [1.807, 2.05) is 37.3 Å². The van der Waals surface area contributed by atoms with Gasteiger partial charge in [-0.15, -0.1) is 0 Å². The minimum atomic E-state index is -0.787. The number of nitrogens with zero attached hydrogens (tertiary/aromatic N) is 1. The SMILES string of the molecule is CC(O)(CN1CC2CNCC2C1(C)C)c1ccccc1. The van der Waals surface area contributed by atoms with E-state index in [1.54, 1.807) is 0 Å². The van der Waals surface area contributed by atoms with Crippen LogP contribution < -0.4 is 5.32 Å². The molecule has 3 nitrogen and oxygen atoms in total. The second-order valence-corrected chi connectivity index (χ2v) is 7.20. The minimum absolute atomic E-state index is 0.160. The van der Waals surface area contributed by atoms with Crippen LogP contribution in [0.1, 0.15) is 26.3 Å². The second-order valence-electron chi connectivity index (χ2n) is 7.20. The van der Waals surface area contributed by atoms with Crippen molar-refractivity contribution < 1.29 is 5.11 Å². The fraction of sp³-hybridized carbons (Fsp3) is 0.647. The molecule has 3 atom stereocenters. The summed E-state index contributed by atoms with van der Waals surface area (Å²) in [6.07, 6.45) is 0. The minimum Gasteiger partial charge on any atom is -0.384 e. The number of aliphatic hydroxyl groups is 1. The molecule has 0 saturated carbocycles. The normalized spacial score (nSPS) is 32.0. The Kier molecular flexibility index (Phi) is 3.39. The highest BCUT2D eigenvalue weighted by atomic mass is 16.3. The molecular formula is C17H26N2O. The van der Waals surface area contributed by atoms with E-state index >= 15 is 0 Å². The molecule has 2 N–H and O–H groups in total. The summed E-state index contributed by atoms with van der Waals surface area (Å²) in [6, 6.07) is 10.0. The fourth-order valence-corrected chi connectivity index (χ4v) is 4.03. The van der Waals surface area contributed by atoms with Crippen LogP contribution in [0.2, 0.25) is 0 Å². The highest BCUT2D eigenvalue weighted by Gasteiger charge is 2.50. The third kappa shape index (κ3) is 2.28. The molecule has 0 bridgehead atoms. The third-order valence-electron chi connectivity index (χ3n) is 5.41. The molecule has 3 heteroatoms. The van der Waals surface area contributed by atoms with Crippen LogP contribution in [-0.4, -0.2) is 41.7 Å². The molecule has 2 fully saturated rings. The lowest BCUT2D eigenvalue weighted by Crippen LogP contribution is -2.49. The largest absolute Gasteiger partial charge is 0.384 e. The van der Waals surface area contributed by atoms with Crippen molar-refractivity contribution in [3.63, 3.8) is 0 Å². The summed E-state index contributed by atoms with van der Waals surface area (Å²) >= 11 is 0. The Hall–Kier alpha value is -0.900. The van der Waals surface area contributed by atoms with E-state index in [4.69, 9.17) is 0 Å². The first-order chi connectivity index (χ1) is 9.41.